The van der Waals surface area contributed by atoms with Gasteiger partial charge in [0.1, 0.15) is 5.76 Å². The fourth-order valence-electron chi connectivity index (χ4n) is 3.00. The molecule has 2 N–H and O–H groups in total. The third-order valence-electron chi connectivity index (χ3n) is 4.62. The molecule has 0 bridgehead atoms. The van der Waals surface area contributed by atoms with Crippen LogP contribution in [0.15, 0.2) is 22.8 Å². The van der Waals surface area contributed by atoms with E-state index in [0.29, 0.717) is 6.04 Å². The molecular formula is C15H27N3O. The molecule has 0 amide bonds. The standard InChI is InChI=1S/C15H27N3O/c1-13(2)18-8-6-15(12-16,7-9-18)17(3)11-14-5-4-10-19-14/h4-5,10,13H,6-9,11-12,16H2,1-3H3. The first-order chi connectivity index (χ1) is 9.07. The zero-order valence-corrected chi connectivity index (χ0v) is 12.4. The summed E-state index contributed by atoms with van der Waals surface area (Å²) in [5, 5.41) is 0. The minimum absolute atomic E-state index is 0.123. The molecule has 4 nitrogen and oxygen atoms in total. The van der Waals surface area contributed by atoms with Crippen LogP contribution >= 0.6 is 0 Å². The minimum Gasteiger partial charge on any atom is -0.468 e. The number of likely N-dealkylation sites (N-methyl/N-ethyl adjacent to an activating group) is 1. The van der Waals surface area contributed by atoms with Crippen LogP contribution in [0.25, 0.3) is 0 Å². The molecule has 0 spiro atoms. The monoisotopic (exact) mass is 265 g/mol. The van der Waals surface area contributed by atoms with E-state index in [1.165, 1.54) is 0 Å². The number of rotatable bonds is 5. The van der Waals surface area contributed by atoms with Crippen LogP contribution in [-0.2, 0) is 6.54 Å². The van der Waals surface area contributed by atoms with Gasteiger partial charge in [-0.05, 0) is 45.9 Å². The molecule has 108 valence electrons. The Labute approximate surface area is 116 Å². The highest BCUT2D eigenvalue weighted by molar-refractivity contribution is 5.02. The van der Waals surface area contributed by atoms with Gasteiger partial charge in [0.25, 0.3) is 0 Å². The molecular weight excluding hydrogens is 238 g/mol. The van der Waals surface area contributed by atoms with E-state index in [0.717, 1.165) is 44.8 Å². The average Bonchev–Trinajstić information content (AvgIpc) is 2.91. The van der Waals surface area contributed by atoms with E-state index in [1.54, 1.807) is 6.26 Å². The second kappa shape index (κ2) is 6.07. The summed E-state index contributed by atoms with van der Waals surface area (Å²) in [6.07, 6.45) is 4.01. The summed E-state index contributed by atoms with van der Waals surface area (Å²) in [5.74, 6) is 1.02. The molecule has 0 radical (unpaired) electrons. The second-order valence-electron chi connectivity index (χ2n) is 5.99. The topological polar surface area (TPSA) is 45.6 Å². The van der Waals surface area contributed by atoms with Crippen LogP contribution in [0.1, 0.15) is 32.4 Å². The number of furan rings is 1. The van der Waals surface area contributed by atoms with E-state index >= 15 is 0 Å². The Kier molecular flexibility index (Phi) is 4.66. The number of nitrogens with two attached hydrogens (primary N) is 1. The number of hydrogen-bond donors (Lipinski definition) is 1. The lowest BCUT2D eigenvalue weighted by Crippen LogP contribution is -2.58. The lowest BCUT2D eigenvalue weighted by atomic mass is 9.85. The highest BCUT2D eigenvalue weighted by Crippen LogP contribution is 2.29. The van der Waals surface area contributed by atoms with E-state index in [9.17, 15) is 0 Å². The lowest BCUT2D eigenvalue weighted by molar-refractivity contribution is 0.0262. The predicted octanol–water partition coefficient (Wildman–Crippen LogP) is 1.91. The molecule has 2 rings (SSSR count). The molecule has 0 atom stereocenters. The van der Waals surface area contributed by atoms with Crippen LogP contribution in [0, 0.1) is 0 Å². The van der Waals surface area contributed by atoms with Crippen LogP contribution in [-0.4, -0.2) is 48.1 Å². The van der Waals surface area contributed by atoms with Crippen molar-refractivity contribution in [3.8, 4) is 0 Å². The van der Waals surface area contributed by atoms with Crippen molar-refractivity contribution in [2.24, 2.45) is 5.73 Å². The first-order valence-electron chi connectivity index (χ1n) is 7.25. The van der Waals surface area contributed by atoms with E-state index < -0.39 is 0 Å². The quantitative estimate of drug-likeness (QED) is 0.883. The Balaban J connectivity index is 1.99. The number of likely N-dealkylation sites (tertiary alicyclic amines) is 1. The van der Waals surface area contributed by atoms with Gasteiger partial charge >= 0.3 is 0 Å². The van der Waals surface area contributed by atoms with E-state index in [2.05, 4.69) is 30.7 Å². The lowest BCUT2D eigenvalue weighted by Gasteiger charge is -2.47. The molecule has 1 fully saturated rings. The van der Waals surface area contributed by atoms with Gasteiger partial charge in [-0.25, -0.2) is 0 Å². The van der Waals surface area contributed by atoms with Crippen molar-refractivity contribution in [3.63, 3.8) is 0 Å². The van der Waals surface area contributed by atoms with Gasteiger partial charge in [0, 0.05) is 31.2 Å². The SMILES string of the molecule is CC(C)N1CCC(CN)(N(C)Cc2ccco2)CC1. The highest BCUT2D eigenvalue weighted by Gasteiger charge is 2.37. The third-order valence-corrected chi connectivity index (χ3v) is 4.62. The van der Waals surface area contributed by atoms with E-state index in [1.807, 2.05) is 12.1 Å². The molecule has 0 aliphatic carbocycles. The molecule has 1 aliphatic rings. The molecule has 1 aromatic rings. The smallest absolute Gasteiger partial charge is 0.117 e. The highest BCUT2D eigenvalue weighted by atomic mass is 16.3. The van der Waals surface area contributed by atoms with Crippen LogP contribution in [0.2, 0.25) is 0 Å². The Bertz CT molecular complexity index is 367. The normalized spacial score (nSPS) is 20.3. The Morgan fingerprint density at radius 1 is 1.42 bits per heavy atom. The van der Waals surface area contributed by atoms with Gasteiger partial charge in [-0.3, -0.25) is 4.90 Å². The summed E-state index contributed by atoms with van der Waals surface area (Å²) in [6.45, 7) is 8.36. The van der Waals surface area contributed by atoms with Crippen molar-refractivity contribution in [2.75, 3.05) is 26.7 Å². The van der Waals surface area contributed by atoms with Crippen molar-refractivity contribution in [1.82, 2.24) is 9.80 Å². The number of nitrogens with zero attached hydrogens (tertiary/aromatic N) is 2. The van der Waals surface area contributed by atoms with Crippen molar-refractivity contribution < 1.29 is 4.42 Å². The molecule has 0 unspecified atom stereocenters. The summed E-state index contributed by atoms with van der Waals surface area (Å²) in [5.41, 5.74) is 6.22. The zero-order valence-electron chi connectivity index (χ0n) is 12.4. The van der Waals surface area contributed by atoms with Crippen LogP contribution < -0.4 is 5.73 Å². The third kappa shape index (κ3) is 3.19. The number of piperidine rings is 1. The summed E-state index contributed by atoms with van der Waals surface area (Å²) >= 11 is 0. The molecule has 0 saturated carbocycles. The Morgan fingerprint density at radius 3 is 2.58 bits per heavy atom. The average molecular weight is 265 g/mol. The van der Waals surface area contributed by atoms with Gasteiger partial charge in [0.15, 0.2) is 0 Å². The van der Waals surface area contributed by atoms with Crippen LogP contribution in [0.3, 0.4) is 0 Å². The maximum atomic E-state index is 6.10. The fraction of sp³-hybridized carbons (Fsp3) is 0.733. The Hall–Kier alpha value is -0.840. The predicted molar refractivity (Wildman–Crippen MR) is 77.9 cm³/mol. The summed E-state index contributed by atoms with van der Waals surface area (Å²) < 4.78 is 5.45. The van der Waals surface area contributed by atoms with Gasteiger partial charge in [-0.15, -0.1) is 0 Å². The van der Waals surface area contributed by atoms with Gasteiger partial charge < -0.3 is 15.1 Å². The van der Waals surface area contributed by atoms with Gasteiger partial charge in [-0.1, -0.05) is 0 Å². The second-order valence-corrected chi connectivity index (χ2v) is 5.99. The van der Waals surface area contributed by atoms with Crippen LogP contribution in [0.4, 0.5) is 0 Å². The molecule has 1 aromatic heterocycles. The maximum absolute atomic E-state index is 6.10. The zero-order chi connectivity index (χ0) is 13.9. The van der Waals surface area contributed by atoms with Crippen molar-refractivity contribution >= 4 is 0 Å². The summed E-state index contributed by atoms with van der Waals surface area (Å²) in [7, 11) is 2.17. The molecule has 1 aliphatic heterocycles. The van der Waals surface area contributed by atoms with Crippen molar-refractivity contribution in [3.05, 3.63) is 24.2 Å². The molecule has 4 heteroatoms. The maximum Gasteiger partial charge on any atom is 0.117 e. The minimum atomic E-state index is 0.123. The first-order valence-corrected chi connectivity index (χ1v) is 7.25. The first kappa shape index (κ1) is 14.6. The molecule has 1 saturated heterocycles. The molecule has 19 heavy (non-hydrogen) atoms. The van der Waals surface area contributed by atoms with Gasteiger partial charge in [0.2, 0.25) is 0 Å². The summed E-state index contributed by atoms with van der Waals surface area (Å²) in [4.78, 5) is 4.91. The van der Waals surface area contributed by atoms with Crippen molar-refractivity contribution in [1.29, 1.82) is 0 Å². The van der Waals surface area contributed by atoms with Crippen molar-refractivity contribution in [2.45, 2.75) is 44.8 Å². The van der Waals surface area contributed by atoms with E-state index in [4.69, 9.17) is 10.2 Å². The Morgan fingerprint density at radius 2 is 2.11 bits per heavy atom. The number of hydrogen-bond acceptors (Lipinski definition) is 4. The fourth-order valence-corrected chi connectivity index (χ4v) is 3.00. The van der Waals surface area contributed by atoms with Gasteiger partial charge in [-0.2, -0.15) is 0 Å². The molecule has 2 heterocycles. The largest absolute Gasteiger partial charge is 0.468 e. The van der Waals surface area contributed by atoms with Crippen LogP contribution in [0.5, 0.6) is 0 Å². The van der Waals surface area contributed by atoms with Gasteiger partial charge in [0.05, 0.1) is 12.8 Å². The summed E-state index contributed by atoms with van der Waals surface area (Å²) in [6, 6.07) is 4.61. The van der Waals surface area contributed by atoms with E-state index in [-0.39, 0.29) is 5.54 Å². The molecule has 0 aromatic carbocycles.